The predicted molar refractivity (Wildman–Crippen MR) is 77.4 cm³/mol. The average Bonchev–Trinajstić information content (AvgIpc) is 2.76. The van der Waals surface area contributed by atoms with Gasteiger partial charge in [0.05, 0.1) is 11.1 Å². The van der Waals surface area contributed by atoms with E-state index in [1.165, 1.54) is 13.1 Å². The van der Waals surface area contributed by atoms with Crippen LogP contribution in [0.15, 0.2) is 6.07 Å². The van der Waals surface area contributed by atoms with E-state index >= 15 is 0 Å². The largest absolute Gasteiger partial charge is 0.477 e. The zero-order chi connectivity index (χ0) is 16.2. The second-order valence-corrected chi connectivity index (χ2v) is 5.32. The molecule has 1 heterocycles. The Hall–Kier alpha value is -2.51. The summed E-state index contributed by atoms with van der Waals surface area (Å²) < 4.78 is 0. The Kier molecular flexibility index (Phi) is 4.96. The van der Waals surface area contributed by atoms with Crippen LogP contribution in [0.5, 0.6) is 0 Å². The van der Waals surface area contributed by atoms with Crippen molar-refractivity contribution in [1.82, 2.24) is 15.6 Å². The molecule has 8 heteroatoms. The van der Waals surface area contributed by atoms with E-state index in [2.05, 4.69) is 20.9 Å². The maximum Gasteiger partial charge on any atom is 0.354 e. The van der Waals surface area contributed by atoms with Gasteiger partial charge in [-0.15, -0.1) is 0 Å². The molecule has 1 rings (SSSR count). The highest BCUT2D eigenvalue weighted by atomic mass is 16.4. The fourth-order valence-electron chi connectivity index (χ4n) is 1.74. The summed E-state index contributed by atoms with van der Waals surface area (Å²) >= 11 is 0. The van der Waals surface area contributed by atoms with Crippen molar-refractivity contribution in [2.24, 2.45) is 5.41 Å². The number of urea groups is 1. The van der Waals surface area contributed by atoms with Gasteiger partial charge < -0.3 is 26.0 Å². The number of anilines is 1. The molecule has 0 aromatic carbocycles. The minimum absolute atomic E-state index is 0.0896. The molecule has 0 fully saturated rings. The number of rotatable bonds is 5. The number of nitrogens with one attached hydrogen (secondary N) is 4. The Morgan fingerprint density at radius 2 is 1.95 bits per heavy atom. The molecular formula is C13H20N4O4. The minimum Gasteiger partial charge on any atom is -0.477 e. The van der Waals surface area contributed by atoms with Crippen LogP contribution >= 0.6 is 0 Å². The van der Waals surface area contributed by atoms with Gasteiger partial charge >= 0.3 is 12.0 Å². The minimum atomic E-state index is -1.16. The highest BCUT2D eigenvalue weighted by molar-refractivity contribution is 5.99. The van der Waals surface area contributed by atoms with Crippen molar-refractivity contribution >= 4 is 23.6 Å². The molecule has 0 aliphatic heterocycles. The van der Waals surface area contributed by atoms with E-state index < -0.39 is 17.4 Å². The lowest BCUT2D eigenvalue weighted by atomic mass is 9.92. The first-order chi connectivity index (χ1) is 9.67. The van der Waals surface area contributed by atoms with Gasteiger partial charge in [0.2, 0.25) is 5.91 Å². The Labute approximate surface area is 122 Å². The fourth-order valence-corrected chi connectivity index (χ4v) is 1.74. The summed E-state index contributed by atoms with van der Waals surface area (Å²) in [5, 5.41) is 16.5. The van der Waals surface area contributed by atoms with Crippen LogP contribution in [-0.4, -0.2) is 41.6 Å². The smallest absolute Gasteiger partial charge is 0.354 e. The molecule has 0 aliphatic carbocycles. The number of amides is 3. The summed E-state index contributed by atoms with van der Waals surface area (Å²) in [5.41, 5.74) is -0.0627. The highest BCUT2D eigenvalue weighted by Crippen LogP contribution is 2.17. The maximum absolute atomic E-state index is 11.8. The van der Waals surface area contributed by atoms with Gasteiger partial charge in [0, 0.05) is 19.3 Å². The van der Waals surface area contributed by atoms with Gasteiger partial charge in [-0.25, -0.2) is 9.59 Å². The van der Waals surface area contributed by atoms with Crippen LogP contribution in [-0.2, 0) is 4.79 Å². The van der Waals surface area contributed by atoms with Gasteiger partial charge in [0.25, 0.3) is 0 Å². The van der Waals surface area contributed by atoms with E-state index in [0.29, 0.717) is 5.69 Å². The van der Waals surface area contributed by atoms with Crippen molar-refractivity contribution in [2.45, 2.75) is 20.8 Å². The number of hydrogen-bond acceptors (Lipinski definition) is 3. The number of carbonyl (C=O) groups excluding carboxylic acids is 2. The fraction of sp³-hybridized carbons (Fsp3) is 0.462. The van der Waals surface area contributed by atoms with Crippen LogP contribution in [0.4, 0.5) is 10.5 Å². The molecule has 1 aromatic rings. The molecule has 3 amide bonds. The predicted octanol–water partition coefficient (Wildman–Crippen LogP) is 0.915. The van der Waals surface area contributed by atoms with E-state index in [-0.39, 0.29) is 23.8 Å². The van der Waals surface area contributed by atoms with E-state index in [1.807, 2.05) is 0 Å². The van der Waals surface area contributed by atoms with E-state index in [9.17, 15) is 14.4 Å². The molecule has 0 spiro atoms. The Morgan fingerprint density at radius 1 is 1.33 bits per heavy atom. The summed E-state index contributed by atoms with van der Waals surface area (Å²) in [7, 11) is 1.52. The molecule has 5 N–H and O–H groups in total. The summed E-state index contributed by atoms with van der Waals surface area (Å²) in [5.74, 6) is -1.37. The number of carboxylic acids is 1. The molecule has 0 aliphatic rings. The van der Waals surface area contributed by atoms with Crippen molar-refractivity contribution in [3.05, 3.63) is 17.5 Å². The molecule has 21 heavy (non-hydrogen) atoms. The molecule has 1 aromatic heterocycles. The number of aromatic amines is 1. The molecule has 8 nitrogen and oxygen atoms in total. The number of aromatic nitrogens is 1. The van der Waals surface area contributed by atoms with Gasteiger partial charge in [-0.05, 0) is 26.8 Å². The Bertz CT molecular complexity index is 563. The van der Waals surface area contributed by atoms with Crippen LogP contribution in [0.1, 0.15) is 30.0 Å². The first kappa shape index (κ1) is 16.5. The van der Waals surface area contributed by atoms with Crippen LogP contribution in [0.3, 0.4) is 0 Å². The molecule has 0 unspecified atom stereocenters. The number of aryl methyl sites for hydroxylation is 1. The van der Waals surface area contributed by atoms with Gasteiger partial charge in [0.15, 0.2) is 0 Å². The summed E-state index contributed by atoms with van der Waals surface area (Å²) in [6.45, 7) is 5.18. The number of hydrogen-bond donors (Lipinski definition) is 5. The Balaban J connectivity index is 2.67. The summed E-state index contributed by atoms with van der Waals surface area (Å²) in [6, 6.07) is 0.945. The second kappa shape index (κ2) is 6.29. The first-order valence-electron chi connectivity index (χ1n) is 6.37. The topological polar surface area (TPSA) is 123 Å². The van der Waals surface area contributed by atoms with E-state index in [4.69, 9.17) is 5.11 Å². The quantitative estimate of drug-likeness (QED) is 0.554. The third-order valence-corrected chi connectivity index (χ3v) is 2.95. The van der Waals surface area contributed by atoms with Gasteiger partial charge in [0.1, 0.15) is 5.69 Å². The second-order valence-electron chi connectivity index (χ2n) is 5.32. The van der Waals surface area contributed by atoms with Gasteiger partial charge in [-0.1, -0.05) is 0 Å². The van der Waals surface area contributed by atoms with E-state index in [1.54, 1.807) is 20.8 Å². The van der Waals surface area contributed by atoms with Crippen molar-refractivity contribution in [2.75, 3.05) is 18.9 Å². The lowest BCUT2D eigenvalue weighted by Crippen LogP contribution is -2.44. The molecule has 0 saturated heterocycles. The van der Waals surface area contributed by atoms with Crippen LogP contribution in [0.25, 0.3) is 0 Å². The third kappa shape index (κ3) is 4.23. The maximum atomic E-state index is 11.8. The van der Waals surface area contributed by atoms with Crippen LogP contribution in [0.2, 0.25) is 0 Å². The number of carbonyl (C=O) groups is 3. The van der Waals surface area contributed by atoms with Crippen molar-refractivity contribution < 1.29 is 19.5 Å². The molecular weight excluding hydrogens is 276 g/mol. The zero-order valence-electron chi connectivity index (χ0n) is 12.5. The average molecular weight is 296 g/mol. The van der Waals surface area contributed by atoms with E-state index in [0.717, 1.165) is 0 Å². The van der Waals surface area contributed by atoms with Crippen molar-refractivity contribution in [1.29, 1.82) is 0 Å². The van der Waals surface area contributed by atoms with Gasteiger partial charge in [-0.3, -0.25) is 4.79 Å². The van der Waals surface area contributed by atoms with Crippen LogP contribution < -0.4 is 16.0 Å². The third-order valence-electron chi connectivity index (χ3n) is 2.95. The molecule has 0 bridgehead atoms. The SMILES string of the molecule is CNC(=O)C(C)(C)CNC(=O)Nc1cc(C)[nH]c1C(=O)O. The monoisotopic (exact) mass is 296 g/mol. The zero-order valence-corrected chi connectivity index (χ0v) is 12.5. The number of aromatic carboxylic acids is 1. The molecule has 0 atom stereocenters. The number of carboxylic acid groups (broad SMARTS) is 1. The normalized spacial score (nSPS) is 10.9. The highest BCUT2D eigenvalue weighted by Gasteiger charge is 2.27. The van der Waals surface area contributed by atoms with Crippen LogP contribution in [0, 0.1) is 12.3 Å². The lowest BCUT2D eigenvalue weighted by Gasteiger charge is -2.22. The summed E-state index contributed by atoms with van der Waals surface area (Å²) in [6.07, 6.45) is 0. The Morgan fingerprint density at radius 3 is 2.48 bits per heavy atom. The van der Waals surface area contributed by atoms with Gasteiger partial charge in [-0.2, -0.15) is 0 Å². The standard InChI is InChI=1S/C13H20N4O4/c1-7-5-8(9(16-7)10(18)19)17-12(21)15-6-13(2,3)11(20)14-4/h5,16H,6H2,1-4H3,(H,14,20)(H,18,19)(H2,15,17,21). The molecule has 116 valence electrons. The molecule has 0 radical (unpaired) electrons. The number of H-pyrrole nitrogens is 1. The summed E-state index contributed by atoms with van der Waals surface area (Å²) in [4.78, 5) is 37.0. The molecule has 0 saturated carbocycles. The van der Waals surface area contributed by atoms with Crippen molar-refractivity contribution in [3.8, 4) is 0 Å². The van der Waals surface area contributed by atoms with Crippen molar-refractivity contribution in [3.63, 3.8) is 0 Å². The first-order valence-corrected chi connectivity index (χ1v) is 6.37. The lowest BCUT2D eigenvalue weighted by molar-refractivity contribution is -0.128.